The fraction of sp³-hybridized carbons (Fsp3) is 0.267. The van der Waals surface area contributed by atoms with Crippen molar-refractivity contribution in [2.45, 2.75) is 26.8 Å². The minimum Gasteiger partial charge on any atom is -0.492 e. The van der Waals surface area contributed by atoms with Crippen LogP contribution in [0.5, 0.6) is 5.75 Å². The zero-order valence-electron chi connectivity index (χ0n) is 21.8. The first-order valence-corrected chi connectivity index (χ1v) is 12.2. The molecule has 0 aliphatic rings. The molecule has 0 radical (unpaired) electrons. The van der Waals surface area contributed by atoms with Crippen LogP contribution in [0.3, 0.4) is 0 Å². The number of nitrogens with zero attached hydrogens (tertiary/aromatic N) is 1. The summed E-state index contributed by atoms with van der Waals surface area (Å²) in [5.41, 5.74) is 4.07. The van der Waals surface area contributed by atoms with E-state index in [1.54, 1.807) is 31.2 Å². The number of anilines is 1. The highest BCUT2D eigenvalue weighted by atomic mass is 16.5. The number of likely N-dealkylation sites (N-methyl/N-ethyl adjacent to an activating group) is 1. The van der Waals surface area contributed by atoms with Crippen molar-refractivity contribution in [1.29, 1.82) is 0 Å². The molecule has 0 spiro atoms. The molecule has 0 saturated carbocycles. The third kappa shape index (κ3) is 5.67. The molecule has 1 atom stereocenters. The van der Waals surface area contributed by atoms with Crippen LogP contribution in [0.25, 0.3) is 22.3 Å². The number of nitrogens with one attached hydrogen (secondary N) is 1. The van der Waals surface area contributed by atoms with Gasteiger partial charge in [0.1, 0.15) is 23.7 Å². The number of ether oxygens (including phenoxy) is 1. The van der Waals surface area contributed by atoms with E-state index in [-0.39, 0.29) is 17.0 Å². The van der Waals surface area contributed by atoms with E-state index in [9.17, 15) is 14.7 Å². The van der Waals surface area contributed by atoms with E-state index < -0.39 is 5.97 Å². The van der Waals surface area contributed by atoms with Gasteiger partial charge >= 0.3 is 5.97 Å². The summed E-state index contributed by atoms with van der Waals surface area (Å²) in [7, 11) is 3.99. The lowest BCUT2D eigenvalue weighted by molar-refractivity contribution is 0.0698. The Balaban J connectivity index is 1.74. The molecule has 0 unspecified atom stereocenters. The molecule has 4 rings (SSSR count). The van der Waals surface area contributed by atoms with Crippen molar-refractivity contribution in [2.75, 3.05) is 32.6 Å². The van der Waals surface area contributed by atoms with Gasteiger partial charge in [-0.05, 0) is 82.9 Å². The van der Waals surface area contributed by atoms with Crippen molar-refractivity contribution in [3.8, 4) is 17.1 Å². The van der Waals surface area contributed by atoms with Gasteiger partial charge in [-0.2, -0.15) is 0 Å². The SMILES string of the molecule is Cc1cc([C@@H](C)Nc2ccccc2C(=O)O)c2oc(-c3ccc(OCCN(C)C)cc3)c(C)c(=O)c2c1. The molecule has 3 aromatic carbocycles. The van der Waals surface area contributed by atoms with Crippen molar-refractivity contribution in [1.82, 2.24) is 4.90 Å². The Hall–Kier alpha value is -4.10. The second-order valence-electron chi connectivity index (χ2n) is 9.51. The van der Waals surface area contributed by atoms with Gasteiger partial charge in [-0.1, -0.05) is 18.2 Å². The first kappa shape index (κ1) is 26.0. The first-order valence-electron chi connectivity index (χ1n) is 12.2. The topological polar surface area (TPSA) is 92.0 Å². The molecule has 0 aliphatic heterocycles. The maximum atomic E-state index is 13.4. The van der Waals surface area contributed by atoms with Crippen molar-refractivity contribution in [3.63, 3.8) is 0 Å². The van der Waals surface area contributed by atoms with Crippen LogP contribution in [0.4, 0.5) is 5.69 Å². The number of carbonyl (C=O) groups is 1. The van der Waals surface area contributed by atoms with Crippen molar-refractivity contribution in [3.05, 3.63) is 93.1 Å². The summed E-state index contributed by atoms with van der Waals surface area (Å²) in [5.74, 6) is 0.237. The number of carboxylic acid groups (broad SMARTS) is 1. The van der Waals surface area contributed by atoms with Gasteiger partial charge in [-0.15, -0.1) is 0 Å². The molecule has 0 amide bonds. The molecule has 0 bridgehead atoms. The monoisotopic (exact) mass is 500 g/mol. The molecule has 7 heteroatoms. The number of carboxylic acids is 1. The van der Waals surface area contributed by atoms with Gasteiger partial charge in [0, 0.05) is 28.9 Å². The van der Waals surface area contributed by atoms with E-state index in [2.05, 4.69) is 10.2 Å². The number of aryl methyl sites for hydroxylation is 1. The Kier molecular flexibility index (Phi) is 7.64. The van der Waals surface area contributed by atoms with Crippen LogP contribution in [0.2, 0.25) is 0 Å². The van der Waals surface area contributed by atoms with E-state index >= 15 is 0 Å². The van der Waals surface area contributed by atoms with E-state index in [0.717, 1.165) is 29.0 Å². The van der Waals surface area contributed by atoms with E-state index in [1.807, 2.05) is 64.3 Å². The predicted octanol–water partition coefficient (Wildman–Crippen LogP) is 5.89. The van der Waals surface area contributed by atoms with Crippen LogP contribution in [-0.2, 0) is 0 Å². The number of rotatable bonds is 9. The summed E-state index contributed by atoms with van der Waals surface area (Å²) < 4.78 is 12.2. The number of aromatic carboxylic acids is 1. The zero-order valence-corrected chi connectivity index (χ0v) is 21.8. The fourth-order valence-electron chi connectivity index (χ4n) is 4.32. The summed E-state index contributed by atoms with van der Waals surface area (Å²) in [6.45, 7) is 7.01. The summed E-state index contributed by atoms with van der Waals surface area (Å²) in [6.07, 6.45) is 0. The van der Waals surface area contributed by atoms with Crippen LogP contribution < -0.4 is 15.5 Å². The lowest BCUT2D eigenvalue weighted by Gasteiger charge is -2.20. The van der Waals surface area contributed by atoms with Crippen molar-refractivity contribution in [2.24, 2.45) is 0 Å². The molecule has 1 aromatic heterocycles. The van der Waals surface area contributed by atoms with Crippen LogP contribution in [0.1, 0.15) is 40.0 Å². The highest BCUT2D eigenvalue weighted by molar-refractivity contribution is 5.94. The van der Waals surface area contributed by atoms with Gasteiger partial charge in [-0.3, -0.25) is 4.79 Å². The van der Waals surface area contributed by atoms with Crippen LogP contribution in [-0.4, -0.2) is 43.2 Å². The Morgan fingerprint density at radius 3 is 2.46 bits per heavy atom. The smallest absolute Gasteiger partial charge is 0.337 e. The number of fused-ring (bicyclic) bond motifs is 1. The van der Waals surface area contributed by atoms with Crippen molar-refractivity contribution >= 4 is 22.6 Å². The molecule has 7 nitrogen and oxygen atoms in total. The van der Waals surface area contributed by atoms with E-state index in [0.29, 0.717) is 34.6 Å². The zero-order chi connectivity index (χ0) is 26.7. The van der Waals surface area contributed by atoms with Gasteiger partial charge in [0.25, 0.3) is 0 Å². The maximum Gasteiger partial charge on any atom is 0.337 e. The van der Waals surface area contributed by atoms with Gasteiger partial charge in [0.05, 0.1) is 17.0 Å². The lowest BCUT2D eigenvalue weighted by Crippen LogP contribution is -2.19. The minimum atomic E-state index is -1.01. The summed E-state index contributed by atoms with van der Waals surface area (Å²) in [6, 6.07) is 17.8. The largest absolute Gasteiger partial charge is 0.492 e. The molecule has 37 heavy (non-hydrogen) atoms. The molecule has 0 fully saturated rings. The quantitative estimate of drug-likeness (QED) is 0.296. The molecule has 0 aliphatic carbocycles. The Bertz CT molecular complexity index is 1490. The second kappa shape index (κ2) is 10.9. The lowest BCUT2D eigenvalue weighted by atomic mass is 9.98. The highest BCUT2D eigenvalue weighted by Gasteiger charge is 2.20. The number of hydrogen-bond acceptors (Lipinski definition) is 6. The molecule has 2 N–H and O–H groups in total. The molecular weight excluding hydrogens is 468 g/mol. The van der Waals surface area contributed by atoms with Gasteiger partial charge in [-0.25, -0.2) is 4.79 Å². The first-order chi connectivity index (χ1) is 17.7. The van der Waals surface area contributed by atoms with Gasteiger partial charge in [0.15, 0.2) is 5.43 Å². The highest BCUT2D eigenvalue weighted by Crippen LogP contribution is 2.33. The average molecular weight is 501 g/mol. The van der Waals surface area contributed by atoms with Gasteiger partial charge < -0.3 is 24.5 Å². The normalized spacial score (nSPS) is 12.1. The number of hydrogen-bond donors (Lipinski definition) is 2. The maximum absolute atomic E-state index is 13.4. The average Bonchev–Trinajstić information content (AvgIpc) is 2.86. The number of para-hydroxylation sites is 1. The van der Waals surface area contributed by atoms with E-state index in [4.69, 9.17) is 9.15 Å². The third-order valence-corrected chi connectivity index (χ3v) is 6.31. The minimum absolute atomic E-state index is 0.0920. The van der Waals surface area contributed by atoms with Crippen LogP contribution in [0, 0.1) is 13.8 Å². The number of benzene rings is 3. The predicted molar refractivity (Wildman–Crippen MR) is 147 cm³/mol. The second-order valence-corrected chi connectivity index (χ2v) is 9.51. The van der Waals surface area contributed by atoms with Gasteiger partial charge in [0.2, 0.25) is 0 Å². The van der Waals surface area contributed by atoms with E-state index in [1.165, 1.54) is 0 Å². The Morgan fingerprint density at radius 1 is 1.08 bits per heavy atom. The fourth-order valence-corrected chi connectivity index (χ4v) is 4.32. The Morgan fingerprint density at radius 2 is 1.78 bits per heavy atom. The van der Waals surface area contributed by atoms with Crippen molar-refractivity contribution < 1.29 is 19.1 Å². The molecular formula is C30H32N2O5. The van der Waals surface area contributed by atoms with Crippen LogP contribution >= 0.6 is 0 Å². The standard InChI is InChI=1S/C30H32N2O5/c1-18-16-24(20(3)31-26-9-7-6-8-23(26)30(34)35)29-25(17-18)27(33)19(2)28(37-29)21-10-12-22(13-11-21)36-15-14-32(4)5/h6-13,16-17,20,31H,14-15H2,1-5H3,(H,34,35)/t20-/m1/s1. The van der Waals surface area contributed by atoms with Crippen LogP contribution in [0.15, 0.2) is 69.9 Å². The third-order valence-electron chi connectivity index (χ3n) is 6.31. The molecule has 1 heterocycles. The molecule has 192 valence electrons. The molecule has 4 aromatic rings. The summed E-state index contributed by atoms with van der Waals surface area (Å²) >= 11 is 0. The summed E-state index contributed by atoms with van der Waals surface area (Å²) in [4.78, 5) is 27.2. The summed E-state index contributed by atoms with van der Waals surface area (Å²) in [5, 5.41) is 13.4. The Labute approximate surface area is 216 Å². The molecule has 0 saturated heterocycles.